The predicted molar refractivity (Wildman–Crippen MR) is 81.0 cm³/mol. The van der Waals surface area contributed by atoms with Crippen LogP contribution in [-0.4, -0.2) is 21.8 Å². The van der Waals surface area contributed by atoms with Gasteiger partial charge in [0.05, 0.1) is 12.1 Å². The van der Waals surface area contributed by atoms with Gasteiger partial charge in [-0.1, -0.05) is 25.7 Å². The molecule has 20 heavy (non-hydrogen) atoms. The van der Waals surface area contributed by atoms with Crippen LogP contribution in [0.2, 0.25) is 0 Å². The zero-order valence-corrected chi connectivity index (χ0v) is 12.5. The minimum atomic E-state index is 0.0853. The number of nitrogens with one attached hydrogen (secondary N) is 1. The zero-order chi connectivity index (χ0) is 13.8. The van der Waals surface area contributed by atoms with Crippen LogP contribution in [0.4, 0.5) is 0 Å². The van der Waals surface area contributed by atoms with E-state index in [9.17, 15) is 4.79 Å². The lowest BCUT2D eigenvalue weighted by molar-refractivity contribution is -0.120. The quantitative estimate of drug-likeness (QED) is 0.832. The maximum absolute atomic E-state index is 11.9. The normalized spacial score (nSPS) is 16.0. The molecule has 2 aromatic rings. The molecule has 0 spiro atoms. The molecule has 0 saturated heterocycles. The van der Waals surface area contributed by atoms with Crippen LogP contribution < -0.4 is 5.32 Å². The number of hydrogen-bond acceptors (Lipinski definition) is 3. The highest BCUT2D eigenvalue weighted by atomic mass is 32.1. The Kier molecular flexibility index (Phi) is 4.35. The van der Waals surface area contributed by atoms with Crippen LogP contribution in [0.5, 0.6) is 0 Å². The second kappa shape index (κ2) is 6.39. The van der Waals surface area contributed by atoms with Gasteiger partial charge in [0.25, 0.3) is 0 Å². The molecule has 1 aliphatic rings. The van der Waals surface area contributed by atoms with E-state index >= 15 is 0 Å². The van der Waals surface area contributed by atoms with Crippen LogP contribution in [0.3, 0.4) is 0 Å². The summed E-state index contributed by atoms with van der Waals surface area (Å²) in [5.74, 6) is 0.994. The summed E-state index contributed by atoms with van der Waals surface area (Å²) in [7, 11) is 0. The summed E-state index contributed by atoms with van der Waals surface area (Å²) in [4.78, 5) is 17.2. The number of imidazole rings is 1. The molecule has 0 aliphatic heterocycles. The van der Waals surface area contributed by atoms with Gasteiger partial charge in [0.15, 0.2) is 4.96 Å². The standard InChI is InChI=1S/C15H21N3OS/c19-14(16-7-3-6-12-4-1-2-5-12)10-13-11-18-8-9-20-15(18)17-13/h8-9,11-12H,1-7,10H2,(H,16,19). The molecule has 2 heterocycles. The molecule has 2 aromatic heterocycles. The molecule has 3 rings (SSSR count). The summed E-state index contributed by atoms with van der Waals surface area (Å²) in [6, 6.07) is 0. The van der Waals surface area contributed by atoms with Gasteiger partial charge in [0, 0.05) is 24.3 Å². The average molecular weight is 291 g/mol. The number of thiazole rings is 1. The Labute approximate surface area is 123 Å². The van der Waals surface area contributed by atoms with Gasteiger partial charge in [-0.05, 0) is 18.8 Å². The Bertz CT molecular complexity index is 540. The van der Waals surface area contributed by atoms with Crippen LogP contribution in [0.15, 0.2) is 17.8 Å². The molecule has 1 aliphatic carbocycles. The summed E-state index contributed by atoms with van der Waals surface area (Å²) in [5, 5.41) is 5.00. The number of carbonyl (C=O) groups excluding carboxylic acids is 1. The van der Waals surface area contributed by atoms with Crippen molar-refractivity contribution in [1.29, 1.82) is 0 Å². The molecular weight excluding hydrogens is 270 g/mol. The summed E-state index contributed by atoms with van der Waals surface area (Å²) in [5.41, 5.74) is 0.852. The molecule has 1 amide bonds. The van der Waals surface area contributed by atoms with Crippen LogP contribution in [0, 0.1) is 5.92 Å². The lowest BCUT2D eigenvalue weighted by atomic mass is 10.0. The van der Waals surface area contributed by atoms with E-state index in [1.54, 1.807) is 11.3 Å². The summed E-state index contributed by atoms with van der Waals surface area (Å²) in [6.45, 7) is 0.803. The van der Waals surface area contributed by atoms with E-state index in [4.69, 9.17) is 0 Å². The van der Waals surface area contributed by atoms with Crippen LogP contribution in [-0.2, 0) is 11.2 Å². The fourth-order valence-electron chi connectivity index (χ4n) is 3.01. The van der Waals surface area contributed by atoms with Gasteiger partial charge in [-0.25, -0.2) is 4.98 Å². The zero-order valence-electron chi connectivity index (χ0n) is 11.7. The predicted octanol–water partition coefficient (Wildman–Crippen LogP) is 3.02. The number of fused-ring (bicyclic) bond motifs is 1. The Morgan fingerprint density at radius 1 is 1.45 bits per heavy atom. The van der Waals surface area contributed by atoms with E-state index in [1.165, 1.54) is 32.1 Å². The van der Waals surface area contributed by atoms with Crippen molar-refractivity contribution in [3.63, 3.8) is 0 Å². The van der Waals surface area contributed by atoms with Crippen molar-refractivity contribution >= 4 is 22.2 Å². The number of hydrogen-bond donors (Lipinski definition) is 1. The lowest BCUT2D eigenvalue weighted by Crippen LogP contribution is -2.26. The topological polar surface area (TPSA) is 46.4 Å². The van der Waals surface area contributed by atoms with Crippen molar-refractivity contribution in [3.8, 4) is 0 Å². The number of aromatic nitrogens is 2. The highest BCUT2D eigenvalue weighted by Crippen LogP contribution is 2.28. The van der Waals surface area contributed by atoms with Gasteiger partial charge < -0.3 is 5.32 Å². The maximum atomic E-state index is 11.9. The third-order valence-electron chi connectivity index (χ3n) is 4.07. The van der Waals surface area contributed by atoms with E-state index in [1.807, 2.05) is 22.2 Å². The van der Waals surface area contributed by atoms with E-state index in [0.717, 1.165) is 29.5 Å². The van der Waals surface area contributed by atoms with Gasteiger partial charge in [0.2, 0.25) is 5.91 Å². The number of carbonyl (C=O) groups is 1. The summed E-state index contributed by atoms with van der Waals surface area (Å²) >= 11 is 1.59. The molecule has 0 aromatic carbocycles. The third kappa shape index (κ3) is 3.39. The number of nitrogens with zero attached hydrogens (tertiary/aromatic N) is 2. The first kappa shape index (κ1) is 13.6. The van der Waals surface area contributed by atoms with E-state index in [2.05, 4.69) is 10.3 Å². The van der Waals surface area contributed by atoms with Crippen molar-refractivity contribution in [2.75, 3.05) is 6.54 Å². The molecule has 0 atom stereocenters. The molecule has 1 N–H and O–H groups in total. The van der Waals surface area contributed by atoms with Gasteiger partial charge in [0.1, 0.15) is 0 Å². The van der Waals surface area contributed by atoms with Gasteiger partial charge >= 0.3 is 0 Å². The van der Waals surface area contributed by atoms with Gasteiger partial charge in [-0.15, -0.1) is 11.3 Å². The first-order valence-electron chi connectivity index (χ1n) is 7.49. The second-order valence-corrected chi connectivity index (χ2v) is 6.52. The maximum Gasteiger partial charge on any atom is 0.226 e. The van der Waals surface area contributed by atoms with E-state index in [0.29, 0.717) is 6.42 Å². The number of rotatable bonds is 6. The van der Waals surface area contributed by atoms with Crippen molar-refractivity contribution in [1.82, 2.24) is 14.7 Å². The van der Waals surface area contributed by atoms with Gasteiger partial charge in [-0.3, -0.25) is 9.20 Å². The molecule has 4 nitrogen and oxygen atoms in total. The molecule has 0 bridgehead atoms. The Balaban J connectivity index is 1.37. The summed E-state index contributed by atoms with van der Waals surface area (Å²) < 4.78 is 1.97. The Hall–Kier alpha value is -1.36. The fourth-order valence-corrected chi connectivity index (χ4v) is 3.72. The minimum Gasteiger partial charge on any atom is -0.356 e. The molecule has 0 radical (unpaired) electrons. The molecular formula is C15H21N3OS. The highest BCUT2D eigenvalue weighted by molar-refractivity contribution is 7.15. The summed E-state index contributed by atoms with van der Waals surface area (Å²) in [6.07, 6.45) is 12.2. The van der Waals surface area contributed by atoms with E-state index < -0.39 is 0 Å². The van der Waals surface area contributed by atoms with Crippen LogP contribution in [0.25, 0.3) is 4.96 Å². The Morgan fingerprint density at radius 3 is 3.10 bits per heavy atom. The van der Waals surface area contributed by atoms with Crippen molar-refractivity contribution < 1.29 is 4.79 Å². The second-order valence-electron chi connectivity index (χ2n) is 5.64. The van der Waals surface area contributed by atoms with Gasteiger partial charge in [-0.2, -0.15) is 0 Å². The number of amides is 1. The molecule has 108 valence electrons. The van der Waals surface area contributed by atoms with Crippen molar-refractivity contribution in [2.45, 2.75) is 44.9 Å². The third-order valence-corrected chi connectivity index (χ3v) is 4.84. The smallest absolute Gasteiger partial charge is 0.226 e. The fraction of sp³-hybridized carbons (Fsp3) is 0.600. The molecule has 1 fully saturated rings. The largest absolute Gasteiger partial charge is 0.356 e. The van der Waals surface area contributed by atoms with Crippen molar-refractivity contribution in [3.05, 3.63) is 23.5 Å². The minimum absolute atomic E-state index is 0.0853. The van der Waals surface area contributed by atoms with Crippen molar-refractivity contribution in [2.24, 2.45) is 5.92 Å². The molecule has 1 saturated carbocycles. The monoisotopic (exact) mass is 291 g/mol. The SMILES string of the molecule is O=C(Cc1cn2ccsc2n1)NCCCC1CCCC1. The lowest BCUT2D eigenvalue weighted by Gasteiger charge is -2.08. The first-order valence-corrected chi connectivity index (χ1v) is 8.37. The molecule has 0 unspecified atom stereocenters. The molecule has 5 heteroatoms. The average Bonchev–Trinajstić information content (AvgIpc) is 3.10. The Morgan fingerprint density at radius 2 is 2.30 bits per heavy atom. The van der Waals surface area contributed by atoms with Crippen LogP contribution >= 0.6 is 11.3 Å². The first-order chi connectivity index (χ1) is 9.81. The van der Waals surface area contributed by atoms with E-state index in [-0.39, 0.29) is 5.91 Å². The highest BCUT2D eigenvalue weighted by Gasteiger charge is 2.14. The van der Waals surface area contributed by atoms with Crippen LogP contribution in [0.1, 0.15) is 44.2 Å².